The number of hydrogen-bond acceptors (Lipinski definition) is 11. The average molecular weight is 714 g/mol. The van der Waals surface area contributed by atoms with Crippen LogP contribution in [0, 0.1) is 0 Å². The molecule has 0 spiro atoms. The number of benzene rings is 3. The Morgan fingerprint density at radius 1 is 0.920 bits per heavy atom. The highest BCUT2D eigenvalue weighted by molar-refractivity contribution is 8.00. The Bertz CT molecular complexity index is 1860. The maximum absolute atomic E-state index is 14.7. The predicted octanol–water partition coefficient (Wildman–Crippen LogP) is 5.47. The van der Waals surface area contributed by atoms with Crippen molar-refractivity contribution in [2.75, 3.05) is 36.2 Å². The molecule has 2 amide bonds. The number of carbonyl (C=O) groups excluding carboxylic acids is 4. The zero-order valence-corrected chi connectivity index (χ0v) is 30.4. The van der Waals surface area contributed by atoms with Crippen LogP contribution in [0.5, 0.6) is 0 Å². The third kappa shape index (κ3) is 6.71. The van der Waals surface area contributed by atoms with Gasteiger partial charge >= 0.3 is 11.9 Å². The molecule has 2 saturated heterocycles. The number of hydrogen-bond donors (Lipinski definition) is 0. The molecule has 260 valence electrons. The fraction of sp³-hybridized carbons (Fsp3) is 0.351. The summed E-state index contributed by atoms with van der Waals surface area (Å²) in [5.41, 5.74) is -0.0302. The van der Waals surface area contributed by atoms with E-state index >= 15 is 0 Å². The second-order valence-electron chi connectivity index (χ2n) is 13.5. The number of anilines is 2. The van der Waals surface area contributed by atoms with Gasteiger partial charge in [0, 0.05) is 33.3 Å². The Balaban J connectivity index is 1.34. The lowest BCUT2D eigenvalue weighted by Crippen LogP contribution is -2.75. The first kappa shape index (κ1) is 35.1. The predicted molar refractivity (Wildman–Crippen MR) is 193 cm³/mol. The largest absolute Gasteiger partial charge is 0.456 e. The lowest BCUT2D eigenvalue weighted by molar-refractivity contribution is -0.159. The molecule has 2 aliphatic rings. The number of thioether (sulfide) groups is 1. The Hall–Kier alpha value is -4.75. The molecule has 0 radical (unpaired) electrons. The molecule has 0 bridgehead atoms. The number of ether oxygens (including phenoxy) is 2. The smallest absolute Gasteiger partial charge is 0.340 e. The van der Waals surface area contributed by atoms with Crippen molar-refractivity contribution in [1.82, 2.24) is 15.1 Å². The third-order valence-corrected chi connectivity index (χ3v) is 11.3. The minimum atomic E-state index is -1.34. The van der Waals surface area contributed by atoms with E-state index in [9.17, 15) is 19.2 Å². The molecular weight excluding hydrogens is 675 g/mol. The van der Waals surface area contributed by atoms with E-state index in [1.165, 1.54) is 34.9 Å². The molecule has 3 atom stereocenters. The van der Waals surface area contributed by atoms with Crippen LogP contribution in [0.15, 0.2) is 84.9 Å². The van der Waals surface area contributed by atoms with Gasteiger partial charge in [0.1, 0.15) is 27.4 Å². The van der Waals surface area contributed by atoms with Crippen LogP contribution in [0.3, 0.4) is 0 Å². The van der Waals surface area contributed by atoms with Crippen LogP contribution >= 0.6 is 23.1 Å². The van der Waals surface area contributed by atoms with E-state index in [0.717, 1.165) is 11.1 Å². The molecule has 50 heavy (non-hydrogen) atoms. The molecule has 11 nitrogen and oxygen atoms in total. The normalized spacial score (nSPS) is 20.1. The van der Waals surface area contributed by atoms with Crippen molar-refractivity contribution in [3.05, 3.63) is 107 Å². The van der Waals surface area contributed by atoms with E-state index in [0.29, 0.717) is 10.1 Å². The van der Waals surface area contributed by atoms with Gasteiger partial charge in [-0.05, 0) is 44.0 Å². The van der Waals surface area contributed by atoms with E-state index < -0.39 is 46.4 Å². The van der Waals surface area contributed by atoms with Crippen molar-refractivity contribution in [3.8, 4) is 0 Å². The number of esters is 2. The number of carbonyl (C=O) groups is 4. The summed E-state index contributed by atoms with van der Waals surface area (Å²) in [6.07, 6.45) is -0.705. The summed E-state index contributed by atoms with van der Waals surface area (Å²) >= 11 is 2.65. The van der Waals surface area contributed by atoms with Gasteiger partial charge in [-0.15, -0.1) is 22.0 Å². The first-order valence-electron chi connectivity index (χ1n) is 16.2. The van der Waals surface area contributed by atoms with Gasteiger partial charge in [-0.2, -0.15) is 0 Å². The van der Waals surface area contributed by atoms with Crippen LogP contribution in [0.25, 0.3) is 0 Å². The second-order valence-corrected chi connectivity index (χ2v) is 15.6. The summed E-state index contributed by atoms with van der Waals surface area (Å²) in [5, 5.41) is 9.35. The summed E-state index contributed by atoms with van der Waals surface area (Å²) in [4.78, 5) is 60.1. The van der Waals surface area contributed by atoms with E-state index in [1.807, 2.05) is 79.7 Å². The summed E-state index contributed by atoms with van der Waals surface area (Å²) in [5.74, 6) is -1.66. The maximum atomic E-state index is 14.7. The molecule has 3 heterocycles. The number of aromatic nitrogens is 2. The Morgan fingerprint density at radius 2 is 1.52 bits per heavy atom. The quantitative estimate of drug-likeness (QED) is 0.163. The molecule has 13 heteroatoms. The van der Waals surface area contributed by atoms with Gasteiger partial charge in [-0.25, -0.2) is 4.79 Å². The van der Waals surface area contributed by atoms with Crippen LogP contribution in [-0.4, -0.2) is 82.3 Å². The van der Waals surface area contributed by atoms with Crippen molar-refractivity contribution >= 4 is 57.7 Å². The van der Waals surface area contributed by atoms with Crippen molar-refractivity contribution in [2.45, 2.75) is 56.2 Å². The highest BCUT2D eigenvalue weighted by Gasteiger charge is 2.62. The maximum Gasteiger partial charge on any atom is 0.340 e. The van der Waals surface area contributed by atoms with Crippen molar-refractivity contribution in [3.63, 3.8) is 0 Å². The van der Waals surface area contributed by atoms with Gasteiger partial charge in [-0.3, -0.25) is 19.3 Å². The number of rotatable bonds is 9. The zero-order valence-electron chi connectivity index (χ0n) is 28.7. The molecule has 6 rings (SSSR count). The molecule has 0 N–H and O–H groups in total. The lowest BCUT2D eigenvalue weighted by Gasteiger charge is -2.56. The summed E-state index contributed by atoms with van der Waals surface area (Å²) in [6, 6.07) is 24.7. The first-order valence-corrected chi connectivity index (χ1v) is 18.0. The number of amides is 2. The molecule has 0 saturated carbocycles. The third-order valence-electron chi connectivity index (χ3n) is 8.48. The van der Waals surface area contributed by atoms with Crippen LogP contribution < -0.4 is 9.80 Å². The fourth-order valence-electron chi connectivity index (χ4n) is 6.10. The Morgan fingerprint density at radius 3 is 2.08 bits per heavy atom. The topological polar surface area (TPSA) is 122 Å². The monoisotopic (exact) mass is 713 g/mol. The van der Waals surface area contributed by atoms with Gasteiger partial charge in [-0.1, -0.05) is 84.1 Å². The summed E-state index contributed by atoms with van der Waals surface area (Å²) in [7, 11) is 3.69. The molecule has 2 fully saturated rings. The van der Waals surface area contributed by atoms with E-state index in [-0.39, 0.29) is 29.5 Å². The van der Waals surface area contributed by atoms with Gasteiger partial charge in [0.25, 0.3) is 0 Å². The van der Waals surface area contributed by atoms with Crippen molar-refractivity contribution in [2.24, 2.45) is 0 Å². The number of β-lactam (4-membered cyclic amide) rings is 1. The van der Waals surface area contributed by atoms with E-state index in [2.05, 4.69) is 10.2 Å². The van der Waals surface area contributed by atoms with Gasteiger partial charge in [0.2, 0.25) is 16.9 Å². The molecular formula is C37H39N5O6S2. The molecule has 2 unspecified atom stereocenters. The Labute approximate surface area is 299 Å². The summed E-state index contributed by atoms with van der Waals surface area (Å²) in [6.45, 7) is 6.65. The van der Waals surface area contributed by atoms with Crippen LogP contribution in [0.1, 0.15) is 60.3 Å². The zero-order chi connectivity index (χ0) is 35.8. The van der Waals surface area contributed by atoms with Gasteiger partial charge < -0.3 is 19.3 Å². The van der Waals surface area contributed by atoms with Crippen LogP contribution in [0.2, 0.25) is 0 Å². The molecule has 3 aromatic carbocycles. The van der Waals surface area contributed by atoms with Crippen molar-refractivity contribution in [1.29, 1.82) is 0 Å². The standard InChI is InChI=1S/C37H39N5O6S2/c1-23(43)42(27-20-14-13-19-26(27)32(45)48-36(2,3)4)28-30(44)41-21-37(22-49-31(28)41,33-38-39-35(50-33)40(5)6)34(46)47-29(24-15-9-7-10-16-24)25-17-11-8-12-18-25/h7-20,28-29,31H,21-22H2,1-6H3/t28?,31-,37?/m1/s1. The number of para-hydroxylation sites is 1. The van der Waals surface area contributed by atoms with Crippen LogP contribution in [0.4, 0.5) is 10.8 Å². The molecule has 1 aromatic heterocycles. The van der Waals surface area contributed by atoms with Crippen molar-refractivity contribution < 1.29 is 28.7 Å². The highest BCUT2D eigenvalue weighted by Crippen LogP contribution is 2.48. The molecule has 0 aliphatic carbocycles. The molecule has 2 aliphatic heterocycles. The first-order chi connectivity index (χ1) is 23.8. The SMILES string of the molecule is CC(=O)N(c1ccccc1C(=O)OC(C)(C)C)C1C(=O)N2CC(C(=O)OC(c3ccccc3)c3ccccc3)(c3nnc(N(C)C)s3)CS[C@H]12. The average Bonchev–Trinajstić information content (AvgIpc) is 3.60. The van der Waals surface area contributed by atoms with Gasteiger partial charge in [0.15, 0.2) is 6.10 Å². The highest BCUT2D eigenvalue weighted by atomic mass is 32.2. The minimum absolute atomic E-state index is 0.0172. The van der Waals surface area contributed by atoms with E-state index in [1.54, 1.807) is 49.9 Å². The number of fused-ring (bicyclic) bond motifs is 1. The molecule has 4 aromatic rings. The summed E-state index contributed by atoms with van der Waals surface area (Å²) < 4.78 is 12.0. The second kappa shape index (κ2) is 13.9. The van der Waals surface area contributed by atoms with Crippen LogP contribution in [-0.2, 0) is 29.3 Å². The lowest BCUT2D eigenvalue weighted by atomic mass is 9.87. The number of nitrogens with zero attached hydrogens (tertiary/aromatic N) is 5. The fourth-order valence-corrected chi connectivity index (χ4v) is 8.70. The minimum Gasteiger partial charge on any atom is -0.456 e. The Kier molecular flexibility index (Phi) is 9.73. The van der Waals surface area contributed by atoms with Gasteiger partial charge in [0.05, 0.1) is 11.3 Å². The van der Waals surface area contributed by atoms with E-state index in [4.69, 9.17) is 9.47 Å².